The number of imidazole rings is 1. The highest BCUT2D eigenvalue weighted by Crippen LogP contribution is 2.56. The van der Waals surface area contributed by atoms with Crippen molar-refractivity contribution in [2.24, 2.45) is 5.92 Å². The molecule has 3 N–H and O–H groups in total. The van der Waals surface area contributed by atoms with Crippen molar-refractivity contribution in [2.45, 2.75) is 44.1 Å². The molecule has 0 radical (unpaired) electrons. The topological polar surface area (TPSA) is 168 Å². The largest absolute Gasteiger partial charge is 0.507 e. The number of methoxy groups -OCH3 is 5. The van der Waals surface area contributed by atoms with E-state index in [1.54, 1.807) is 19.1 Å². The average Bonchev–Trinajstić information content (AvgIpc) is 3.71. The lowest BCUT2D eigenvalue weighted by Crippen LogP contribution is -2.53. The fourth-order valence-electron chi connectivity index (χ4n) is 7.09. The number of amides is 1. The van der Waals surface area contributed by atoms with Crippen molar-refractivity contribution in [1.82, 2.24) is 15.3 Å². The number of allylic oxidation sites excluding steroid dienone is 1. The number of ether oxygens (including phenoxy) is 6. The number of rotatable bonds is 13. The Hall–Kier alpha value is -5.43. The van der Waals surface area contributed by atoms with E-state index in [1.807, 2.05) is 24.3 Å². The Morgan fingerprint density at radius 2 is 1.69 bits per heavy atom. The van der Waals surface area contributed by atoms with E-state index in [4.69, 9.17) is 40.0 Å². The second-order valence-electron chi connectivity index (χ2n) is 12.6. The molecule has 1 spiro atoms. The summed E-state index contributed by atoms with van der Waals surface area (Å²) in [6, 6.07) is 12.4. The van der Waals surface area contributed by atoms with Crippen LogP contribution in [0.15, 0.2) is 53.8 Å². The summed E-state index contributed by atoms with van der Waals surface area (Å²) in [5, 5.41) is 15.2. The molecule has 2 heterocycles. The summed E-state index contributed by atoms with van der Waals surface area (Å²) in [4.78, 5) is 50.1. The molecule has 0 fully saturated rings. The van der Waals surface area contributed by atoms with Crippen LogP contribution in [-0.2, 0) is 16.0 Å². The number of aliphatic hydroxyl groups excluding tert-OH is 1. The monoisotopic (exact) mass is 733 g/mol. The smallest absolute Gasteiger partial charge is 0.231 e. The normalized spacial score (nSPS) is 18.6. The number of carbonyl (C=O) groups is 3. The van der Waals surface area contributed by atoms with Gasteiger partial charge in [0.25, 0.3) is 0 Å². The Morgan fingerprint density at radius 1 is 1.02 bits per heavy atom. The zero-order valence-corrected chi connectivity index (χ0v) is 30.4. The number of nitrogens with zero attached hydrogens (tertiary/aromatic N) is 1. The number of aromatic nitrogens is 2. The Morgan fingerprint density at radius 3 is 2.33 bits per heavy atom. The number of fused-ring (bicyclic) bond motifs is 2. The molecule has 1 aromatic heterocycles. The third-order valence-electron chi connectivity index (χ3n) is 9.69. The van der Waals surface area contributed by atoms with Crippen LogP contribution in [0.25, 0.3) is 11.0 Å². The van der Waals surface area contributed by atoms with Crippen molar-refractivity contribution in [1.29, 1.82) is 0 Å². The summed E-state index contributed by atoms with van der Waals surface area (Å²) in [5.41, 5.74) is -0.0114. The SMILES string of the molecule is COc1cc(OC)c2c(c1Cl)OC1(C2=O)C(O)=C(C(CC(=O)NCCCc2nc3ccccc3[nH]2)c2cc(OC)c(OC)c(OC)c2)C(=O)CC1C. The van der Waals surface area contributed by atoms with E-state index in [2.05, 4.69) is 15.3 Å². The van der Waals surface area contributed by atoms with Crippen LogP contribution in [0.1, 0.15) is 53.8 Å². The van der Waals surface area contributed by atoms with Gasteiger partial charge in [-0.3, -0.25) is 14.4 Å². The lowest BCUT2D eigenvalue weighted by molar-refractivity contribution is -0.121. The van der Waals surface area contributed by atoms with Gasteiger partial charge in [-0.1, -0.05) is 30.7 Å². The molecule has 13 nitrogen and oxygen atoms in total. The van der Waals surface area contributed by atoms with Crippen molar-refractivity contribution in [3.8, 4) is 34.5 Å². The molecular weight excluding hydrogens is 694 g/mol. The molecule has 1 aliphatic carbocycles. The maximum absolute atomic E-state index is 14.4. The number of nitrogens with one attached hydrogen (secondary N) is 2. The van der Waals surface area contributed by atoms with Gasteiger partial charge in [-0.2, -0.15) is 0 Å². The van der Waals surface area contributed by atoms with Crippen molar-refractivity contribution >= 4 is 40.1 Å². The van der Waals surface area contributed by atoms with Crippen molar-refractivity contribution < 1.29 is 47.9 Å². The van der Waals surface area contributed by atoms with Crippen molar-refractivity contribution in [2.75, 3.05) is 42.1 Å². The average molecular weight is 734 g/mol. The van der Waals surface area contributed by atoms with E-state index in [9.17, 15) is 19.5 Å². The van der Waals surface area contributed by atoms with Crippen LogP contribution in [0.4, 0.5) is 0 Å². The lowest BCUT2D eigenvalue weighted by Gasteiger charge is -2.38. The zero-order valence-electron chi connectivity index (χ0n) is 29.7. The first-order chi connectivity index (χ1) is 25.0. The van der Waals surface area contributed by atoms with Gasteiger partial charge < -0.3 is 43.8 Å². The number of halogens is 1. The van der Waals surface area contributed by atoms with Crippen LogP contribution in [0.2, 0.25) is 5.02 Å². The summed E-state index contributed by atoms with van der Waals surface area (Å²) in [6.07, 6.45) is 0.710. The summed E-state index contributed by atoms with van der Waals surface area (Å²) < 4.78 is 33.9. The maximum atomic E-state index is 14.4. The third-order valence-corrected chi connectivity index (χ3v) is 10.0. The molecule has 1 amide bonds. The Bertz CT molecular complexity index is 2030. The number of aromatic amines is 1. The highest BCUT2D eigenvalue weighted by Gasteiger charge is 2.61. The number of benzene rings is 3. The molecule has 14 heteroatoms. The standard InChI is InChI=1S/C38H40ClN3O10/c1-19-14-24(43)31(36(45)38(19)37(46)32-25(47-2)18-26(48-3)33(39)35(32)52-38)21(20-15-27(49-4)34(51-6)28(16-20)50-5)17-30(44)40-13-9-12-29-41-22-10-7-8-11-23(22)42-29/h7-8,10-11,15-16,18-19,21,45H,9,12-14,17H2,1-6H3,(H,40,44)(H,41,42). The Balaban J connectivity index is 1.38. The van der Waals surface area contributed by atoms with Crippen LogP contribution in [0.5, 0.6) is 34.5 Å². The quantitative estimate of drug-likeness (QED) is 0.140. The molecule has 3 unspecified atom stereocenters. The van der Waals surface area contributed by atoms with E-state index < -0.39 is 40.7 Å². The van der Waals surface area contributed by atoms with Gasteiger partial charge in [0, 0.05) is 49.3 Å². The van der Waals surface area contributed by atoms with E-state index in [-0.39, 0.29) is 57.7 Å². The predicted molar refractivity (Wildman–Crippen MR) is 192 cm³/mol. The van der Waals surface area contributed by atoms with Gasteiger partial charge >= 0.3 is 0 Å². The second kappa shape index (κ2) is 14.7. The van der Waals surface area contributed by atoms with Crippen LogP contribution in [0.3, 0.4) is 0 Å². The van der Waals surface area contributed by atoms with Gasteiger partial charge in [-0.15, -0.1) is 0 Å². The first-order valence-electron chi connectivity index (χ1n) is 16.7. The van der Waals surface area contributed by atoms with E-state index in [0.29, 0.717) is 30.7 Å². The van der Waals surface area contributed by atoms with Gasteiger partial charge in [0.2, 0.25) is 23.0 Å². The number of aryl methyl sites for hydroxylation is 1. The Kier molecular flexibility index (Phi) is 10.3. The summed E-state index contributed by atoms with van der Waals surface area (Å²) in [5.74, 6) is -2.13. The number of Topliss-reactive ketones (excluding diaryl/α,β-unsaturated/α-hetero) is 2. The zero-order chi connectivity index (χ0) is 37.3. The molecule has 3 aromatic carbocycles. The molecule has 0 saturated carbocycles. The molecule has 3 atom stereocenters. The van der Waals surface area contributed by atoms with Gasteiger partial charge in [-0.25, -0.2) is 4.98 Å². The summed E-state index contributed by atoms with van der Waals surface area (Å²) >= 11 is 6.63. The highest BCUT2D eigenvalue weighted by molar-refractivity contribution is 6.35. The molecule has 2 aliphatic rings. The Labute approximate surface area is 305 Å². The van der Waals surface area contributed by atoms with Crippen molar-refractivity contribution in [3.05, 3.63) is 75.8 Å². The number of aliphatic hydroxyl groups is 1. The van der Waals surface area contributed by atoms with Gasteiger partial charge in [-0.05, 0) is 36.2 Å². The number of para-hydroxylation sites is 2. The number of H-pyrrole nitrogens is 1. The summed E-state index contributed by atoms with van der Waals surface area (Å²) in [6.45, 7) is 1.95. The maximum Gasteiger partial charge on any atom is 0.231 e. The lowest BCUT2D eigenvalue weighted by atomic mass is 9.69. The van der Waals surface area contributed by atoms with Gasteiger partial charge in [0.15, 0.2) is 28.8 Å². The number of hydrogen-bond donors (Lipinski definition) is 3. The highest BCUT2D eigenvalue weighted by atomic mass is 35.5. The molecule has 0 saturated heterocycles. The third kappa shape index (κ3) is 6.12. The minimum absolute atomic E-state index is 0.00479. The number of hydrogen-bond acceptors (Lipinski definition) is 11. The van der Waals surface area contributed by atoms with Gasteiger partial charge in [0.05, 0.1) is 46.6 Å². The molecule has 6 rings (SSSR count). The molecular formula is C38H40ClN3O10. The fourth-order valence-corrected chi connectivity index (χ4v) is 7.36. The van der Waals surface area contributed by atoms with Crippen LogP contribution in [0, 0.1) is 5.92 Å². The van der Waals surface area contributed by atoms with E-state index >= 15 is 0 Å². The van der Waals surface area contributed by atoms with Crippen molar-refractivity contribution in [3.63, 3.8) is 0 Å². The second-order valence-corrected chi connectivity index (χ2v) is 13.0. The molecule has 52 heavy (non-hydrogen) atoms. The van der Waals surface area contributed by atoms with Crippen LogP contribution in [-0.4, -0.2) is 80.2 Å². The van der Waals surface area contributed by atoms with Gasteiger partial charge in [0.1, 0.15) is 27.9 Å². The number of ketones is 2. The fraction of sp³-hybridized carbons (Fsp3) is 0.368. The van der Waals surface area contributed by atoms with E-state index in [1.165, 1.54) is 41.6 Å². The molecule has 274 valence electrons. The minimum atomic E-state index is -2.04. The summed E-state index contributed by atoms with van der Waals surface area (Å²) in [7, 11) is 7.12. The molecule has 4 aromatic rings. The molecule has 0 bridgehead atoms. The van der Waals surface area contributed by atoms with Crippen LogP contribution >= 0.6 is 11.6 Å². The number of carbonyl (C=O) groups excluding carboxylic acids is 3. The predicted octanol–water partition coefficient (Wildman–Crippen LogP) is 5.92. The minimum Gasteiger partial charge on any atom is -0.507 e. The van der Waals surface area contributed by atoms with Crippen LogP contribution < -0.4 is 33.7 Å². The first-order valence-corrected chi connectivity index (χ1v) is 17.1. The first kappa shape index (κ1) is 36.4. The molecule has 1 aliphatic heterocycles. The van der Waals surface area contributed by atoms with E-state index in [0.717, 1.165) is 16.9 Å².